The zero-order valence-electron chi connectivity index (χ0n) is 6.76. The molecular weight excluding hydrogens is 251 g/mol. The van der Waals surface area contributed by atoms with Gasteiger partial charge in [-0.3, -0.25) is 0 Å². The SMILES string of the molecule is COc1cccc(SC(Cl)(Cl)Cl)c1. The number of ether oxygens (including phenoxy) is 1. The molecule has 0 aliphatic heterocycles. The maximum Gasteiger partial charge on any atom is 0.241 e. The van der Waals surface area contributed by atoms with Crippen molar-refractivity contribution >= 4 is 46.6 Å². The van der Waals surface area contributed by atoms with E-state index in [1.807, 2.05) is 24.3 Å². The molecule has 0 atom stereocenters. The third kappa shape index (κ3) is 4.32. The van der Waals surface area contributed by atoms with Crippen LogP contribution < -0.4 is 4.74 Å². The van der Waals surface area contributed by atoms with E-state index >= 15 is 0 Å². The van der Waals surface area contributed by atoms with Gasteiger partial charge in [0.05, 0.1) is 7.11 Å². The van der Waals surface area contributed by atoms with E-state index in [2.05, 4.69) is 0 Å². The molecule has 0 N–H and O–H groups in total. The second-order valence-electron chi connectivity index (χ2n) is 2.23. The fourth-order valence-electron chi connectivity index (χ4n) is 0.798. The van der Waals surface area contributed by atoms with Gasteiger partial charge in [0, 0.05) is 4.90 Å². The summed E-state index contributed by atoms with van der Waals surface area (Å²) in [6, 6.07) is 7.35. The quantitative estimate of drug-likeness (QED) is 0.582. The molecule has 1 nitrogen and oxygen atoms in total. The van der Waals surface area contributed by atoms with E-state index < -0.39 is 3.12 Å². The molecule has 0 aromatic heterocycles. The van der Waals surface area contributed by atoms with Gasteiger partial charge < -0.3 is 4.74 Å². The number of benzene rings is 1. The van der Waals surface area contributed by atoms with E-state index in [1.54, 1.807) is 7.11 Å². The lowest BCUT2D eigenvalue weighted by atomic mass is 10.3. The van der Waals surface area contributed by atoms with Gasteiger partial charge in [-0.05, 0) is 18.2 Å². The molecule has 1 aromatic rings. The normalized spacial score (nSPS) is 11.4. The lowest BCUT2D eigenvalue weighted by Gasteiger charge is -2.10. The molecule has 0 amide bonds. The van der Waals surface area contributed by atoms with Gasteiger partial charge in [-0.15, -0.1) is 0 Å². The van der Waals surface area contributed by atoms with Gasteiger partial charge in [0.15, 0.2) is 0 Å². The minimum atomic E-state index is -1.33. The summed E-state index contributed by atoms with van der Waals surface area (Å²) in [5.41, 5.74) is 0. The van der Waals surface area contributed by atoms with Crippen molar-refractivity contribution in [2.75, 3.05) is 7.11 Å². The number of thioether (sulfide) groups is 1. The highest BCUT2D eigenvalue weighted by Gasteiger charge is 2.21. The lowest BCUT2D eigenvalue weighted by molar-refractivity contribution is 0.413. The average Bonchev–Trinajstić information content (AvgIpc) is 2.01. The Morgan fingerprint density at radius 2 is 2.00 bits per heavy atom. The van der Waals surface area contributed by atoms with Crippen LogP contribution in [0.1, 0.15) is 0 Å². The fraction of sp³-hybridized carbons (Fsp3) is 0.250. The molecule has 0 saturated heterocycles. The Morgan fingerprint density at radius 3 is 2.54 bits per heavy atom. The molecule has 0 fully saturated rings. The highest BCUT2D eigenvalue weighted by Crippen LogP contribution is 2.44. The van der Waals surface area contributed by atoms with E-state index in [-0.39, 0.29) is 0 Å². The van der Waals surface area contributed by atoms with Crippen LogP contribution in [0.2, 0.25) is 0 Å². The zero-order chi connectivity index (χ0) is 9.90. The van der Waals surface area contributed by atoms with E-state index in [9.17, 15) is 0 Å². The number of methoxy groups -OCH3 is 1. The predicted molar refractivity (Wildman–Crippen MR) is 59.1 cm³/mol. The Morgan fingerprint density at radius 1 is 1.31 bits per heavy atom. The number of rotatable bonds is 2. The van der Waals surface area contributed by atoms with E-state index in [0.717, 1.165) is 22.4 Å². The van der Waals surface area contributed by atoms with Gasteiger partial charge >= 0.3 is 0 Å². The van der Waals surface area contributed by atoms with Gasteiger partial charge in [-0.1, -0.05) is 52.6 Å². The maximum atomic E-state index is 5.62. The van der Waals surface area contributed by atoms with E-state index in [1.165, 1.54) is 0 Å². The Kier molecular flexibility index (Phi) is 4.05. The summed E-state index contributed by atoms with van der Waals surface area (Å²) in [4.78, 5) is 0.861. The predicted octanol–water partition coefficient (Wildman–Crippen LogP) is 4.12. The molecule has 0 spiro atoms. The monoisotopic (exact) mass is 256 g/mol. The molecule has 0 radical (unpaired) electrons. The molecule has 1 aromatic carbocycles. The van der Waals surface area contributed by atoms with Crippen molar-refractivity contribution in [3.8, 4) is 5.75 Å². The molecule has 1 rings (SSSR count). The van der Waals surface area contributed by atoms with Crippen molar-refractivity contribution in [1.29, 1.82) is 0 Å². The highest BCUT2D eigenvalue weighted by molar-refractivity contribution is 8.04. The highest BCUT2D eigenvalue weighted by atomic mass is 35.6. The summed E-state index contributed by atoms with van der Waals surface area (Å²) in [5.74, 6) is 0.749. The summed E-state index contributed by atoms with van der Waals surface area (Å²) in [6.07, 6.45) is 0. The van der Waals surface area contributed by atoms with Crippen LogP contribution in [-0.4, -0.2) is 10.2 Å². The number of hydrogen-bond acceptors (Lipinski definition) is 2. The molecule has 13 heavy (non-hydrogen) atoms. The Bertz CT molecular complexity index is 285. The van der Waals surface area contributed by atoms with Crippen molar-refractivity contribution in [2.24, 2.45) is 0 Å². The summed E-state index contributed by atoms with van der Waals surface area (Å²) in [7, 11) is 1.60. The van der Waals surface area contributed by atoms with E-state index in [4.69, 9.17) is 39.5 Å². The van der Waals surface area contributed by atoms with Gasteiger partial charge in [0.2, 0.25) is 3.12 Å². The summed E-state index contributed by atoms with van der Waals surface area (Å²) in [6.45, 7) is 0. The fourth-order valence-corrected chi connectivity index (χ4v) is 2.19. The van der Waals surface area contributed by atoms with Crippen molar-refractivity contribution < 1.29 is 4.74 Å². The molecule has 0 aliphatic carbocycles. The second-order valence-corrected chi connectivity index (χ2v) is 6.47. The van der Waals surface area contributed by atoms with Gasteiger partial charge in [-0.2, -0.15) is 0 Å². The van der Waals surface area contributed by atoms with E-state index in [0.29, 0.717) is 0 Å². The number of alkyl halides is 3. The van der Waals surface area contributed by atoms with Crippen LogP contribution in [0.25, 0.3) is 0 Å². The van der Waals surface area contributed by atoms with Gasteiger partial charge in [0.1, 0.15) is 5.75 Å². The summed E-state index contributed by atoms with van der Waals surface area (Å²) < 4.78 is 3.70. The molecule has 0 heterocycles. The molecule has 0 unspecified atom stereocenters. The van der Waals surface area contributed by atoms with Crippen LogP contribution in [0.5, 0.6) is 5.75 Å². The van der Waals surface area contributed by atoms with Crippen molar-refractivity contribution in [3.05, 3.63) is 24.3 Å². The molecule has 72 valence electrons. The number of hydrogen-bond donors (Lipinski definition) is 0. The Labute approximate surface area is 96.3 Å². The Hall–Kier alpha value is 0.240. The molecule has 0 aliphatic rings. The second kappa shape index (κ2) is 4.65. The van der Waals surface area contributed by atoms with Crippen LogP contribution in [0.3, 0.4) is 0 Å². The molecule has 5 heteroatoms. The molecule has 0 saturated carbocycles. The molecule has 0 bridgehead atoms. The maximum absolute atomic E-state index is 5.62. The first kappa shape index (κ1) is 11.3. The topological polar surface area (TPSA) is 9.23 Å². The number of halogens is 3. The van der Waals surface area contributed by atoms with Crippen molar-refractivity contribution in [1.82, 2.24) is 0 Å². The van der Waals surface area contributed by atoms with Crippen LogP contribution in [0.4, 0.5) is 0 Å². The summed E-state index contributed by atoms with van der Waals surface area (Å²) in [5, 5.41) is 0. The van der Waals surface area contributed by atoms with Crippen LogP contribution in [-0.2, 0) is 0 Å². The Balaban J connectivity index is 2.78. The standard InChI is InChI=1S/C8H7Cl3OS/c1-12-6-3-2-4-7(5-6)13-8(9,10)11/h2-5H,1H3. The molecular formula is C8H7Cl3OS. The van der Waals surface area contributed by atoms with Crippen molar-refractivity contribution in [3.63, 3.8) is 0 Å². The minimum absolute atomic E-state index is 0.749. The van der Waals surface area contributed by atoms with Crippen LogP contribution >= 0.6 is 46.6 Å². The third-order valence-electron chi connectivity index (χ3n) is 1.27. The smallest absolute Gasteiger partial charge is 0.241 e. The zero-order valence-corrected chi connectivity index (χ0v) is 9.84. The first-order valence-corrected chi connectivity index (χ1v) is 5.36. The first-order chi connectivity index (χ1) is 6.01. The van der Waals surface area contributed by atoms with Gasteiger partial charge in [0.25, 0.3) is 0 Å². The van der Waals surface area contributed by atoms with Gasteiger partial charge in [-0.25, -0.2) is 0 Å². The van der Waals surface area contributed by atoms with Crippen LogP contribution in [0, 0.1) is 0 Å². The summed E-state index contributed by atoms with van der Waals surface area (Å²) >= 11 is 18.0. The lowest BCUT2D eigenvalue weighted by Crippen LogP contribution is -1.93. The minimum Gasteiger partial charge on any atom is -0.497 e. The average molecular weight is 258 g/mol. The van der Waals surface area contributed by atoms with Crippen molar-refractivity contribution in [2.45, 2.75) is 8.02 Å². The van der Waals surface area contributed by atoms with Crippen LogP contribution in [0.15, 0.2) is 29.2 Å². The first-order valence-electron chi connectivity index (χ1n) is 3.41. The largest absolute Gasteiger partial charge is 0.497 e. The third-order valence-corrected chi connectivity index (χ3v) is 2.69.